The van der Waals surface area contributed by atoms with Gasteiger partial charge in [0.2, 0.25) is 0 Å². The van der Waals surface area contributed by atoms with E-state index in [1.807, 2.05) is 31.2 Å². The third kappa shape index (κ3) is 3.32. The Hall–Kier alpha value is -1.88. The molecule has 0 saturated heterocycles. The molecule has 1 aromatic heterocycles. The minimum atomic E-state index is -0.115. The van der Waals surface area contributed by atoms with Crippen LogP contribution in [0.1, 0.15) is 30.3 Å². The summed E-state index contributed by atoms with van der Waals surface area (Å²) in [6, 6.07) is 7.87. The topological polar surface area (TPSA) is 60.2 Å². The fraction of sp³-hybridized carbons (Fsp3) is 0.429. The van der Waals surface area contributed by atoms with Crippen LogP contribution in [0.25, 0.3) is 0 Å². The molecule has 0 saturated carbocycles. The van der Waals surface area contributed by atoms with Crippen molar-refractivity contribution >= 4 is 0 Å². The molecule has 0 unspecified atom stereocenters. The van der Waals surface area contributed by atoms with Crippen LogP contribution in [0.15, 0.2) is 24.3 Å². The number of aromatic nitrogens is 3. The van der Waals surface area contributed by atoms with Gasteiger partial charge in [0.15, 0.2) is 0 Å². The summed E-state index contributed by atoms with van der Waals surface area (Å²) in [5, 5.41) is 17.3. The number of rotatable bonds is 6. The van der Waals surface area contributed by atoms with Gasteiger partial charge in [-0.1, -0.05) is 29.8 Å². The first kappa shape index (κ1) is 13.5. The minimum absolute atomic E-state index is 0.115. The standard InChI is InChI=1S/C14H19N3O2/c1-3-8-17-14(13(9-18)15-16-17)10-19-12-6-4-11(2)5-7-12/h4-7,18H,3,8-10H2,1-2H3. The van der Waals surface area contributed by atoms with Gasteiger partial charge in [-0.15, -0.1) is 5.10 Å². The predicted octanol–water partition coefficient (Wildman–Crippen LogP) is 2.07. The van der Waals surface area contributed by atoms with Crippen molar-refractivity contribution in [3.8, 4) is 5.75 Å². The van der Waals surface area contributed by atoms with Crippen LogP contribution in [-0.2, 0) is 19.8 Å². The van der Waals surface area contributed by atoms with E-state index >= 15 is 0 Å². The Kier molecular flexibility index (Phi) is 4.52. The predicted molar refractivity (Wildman–Crippen MR) is 71.7 cm³/mol. The molecule has 0 aliphatic carbocycles. The van der Waals surface area contributed by atoms with E-state index in [9.17, 15) is 5.11 Å². The molecular weight excluding hydrogens is 242 g/mol. The van der Waals surface area contributed by atoms with E-state index < -0.39 is 0 Å². The largest absolute Gasteiger partial charge is 0.487 e. The number of hydrogen-bond acceptors (Lipinski definition) is 4. The number of hydrogen-bond donors (Lipinski definition) is 1. The lowest BCUT2D eigenvalue weighted by atomic mass is 10.2. The van der Waals surface area contributed by atoms with E-state index in [-0.39, 0.29) is 6.61 Å². The second-order valence-electron chi connectivity index (χ2n) is 4.47. The van der Waals surface area contributed by atoms with Crippen molar-refractivity contribution in [1.82, 2.24) is 15.0 Å². The second-order valence-corrected chi connectivity index (χ2v) is 4.47. The molecule has 1 heterocycles. The third-order valence-electron chi connectivity index (χ3n) is 2.90. The van der Waals surface area contributed by atoms with Crippen molar-refractivity contribution in [3.05, 3.63) is 41.2 Å². The van der Waals surface area contributed by atoms with E-state index in [2.05, 4.69) is 17.2 Å². The van der Waals surface area contributed by atoms with Gasteiger partial charge in [0, 0.05) is 6.54 Å². The quantitative estimate of drug-likeness (QED) is 0.864. The van der Waals surface area contributed by atoms with Gasteiger partial charge in [-0.2, -0.15) is 0 Å². The Labute approximate surface area is 112 Å². The van der Waals surface area contributed by atoms with E-state index in [1.54, 1.807) is 4.68 Å². The van der Waals surface area contributed by atoms with Crippen LogP contribution in [0.3, 0.4) is 0 Å². The molecule has 102 valence electrons. The molecule has 5 heteroatoms. The maximum absolute atomic E-state index is 9.26. The van der Waals surface area contributed by atoms with Crippen LogP contribution in [0.4, 0.5) is 0 Å². The van der Waals surface area contributed by atoms with Crippen molar-refractivity contribution in [2.75, 3.05) is 0 Å². The average molecular weight is 261 g/mol. The molecule has 19 heavy (non-hydrogen) atoms. The molecule has 0 radical (unpaired) electrons. The number of benzene rings is 1. The average Bonchev–Trinajstić information content (AvgIpc) is 2.81. The van der Waals surface area contributed by atoms with Crippen molar-refractivity contribution in [2.45, 2.75) is 40.0 Å². The summed E-state index contributed by atoms with van der Waals surface area (Å²) in [6.07, 6.45) is 0.964. The highest BCUT2D eigenvalue weighted by molar-refractivity contribution is 5.26. The molecular formula is C14H19N3O2. The van der Waals surface area contributed by atoms with E-state index in [0.29, 0.717) is 12.3 Å². The highest BCUT2D eigenvalue weighted by Gasteiger charge is 2.12. The summed E-state index contributed by atoms with van der Waals surface area (Å²) in [5.41, 5.74) is 2.62. The summed E-state index contributed by atoms with van der Waals surface area (Å²) in [5.74, 6) is 0.804. The van der Waals surface area contributed by atoms with Gasteiger partial charge < -0.3 is 9.84 Å². The van der Waals surface area contributed by atoms with Gasteiger partial charge in [-0.3, -0.25) is 0 Å². The summed E-state index contributed by atoms with van der Waals surface area (Å²) in [7, 11) is 0. The van der Waals surface area contributed by atoms with Crippen LogP contribution in [0.5, 0.6) is 5.75 Å². The summed E-state index contributed by atoms with van der Waals surface area (Å²) in [6.45, 7) is 5.14. The fourth-order valence-electron chi connectivity index (χ4n) is 1.83. The van der Waals surface area contributed by atoms with Gasteiger partial charge in [0.1, 0.15) is 23.7 Å². The molecule has 0 spiro atoms. The van der Waals surface area contributed by atoms with Crippen molar-refractivity contribution in [3.63, 3.8) is 0 Å². The zero-order valence-electron chi connectivity index (χ0n) is 11.3. The Balaban J connectivity index is 2.09. The zero-order valence-corrected chi connectivity index (χ0v) is 11.3. The fourth-order valence-corrected chi connectivity index (χ4v) is 1.83. The number of ether oxygens (including phenoxy) is 1. The lowest BCUT2D eigenvalue weighted by Gasteiger charge is -2.09. The molecule has 2 aromatic rings. The highest BCUT2D eigenvalue weighted by atomic mass is 16.5. The van der Waals surface area contributed by atoms with Gasteiger partial charge in [-0.05, 0) is 25.5 Å². The van der Waals surface area contributed by atoms with Crippen LogP contribution >= 0.6 is 0 Å². The van der Waals surface area contributed by atoms with Crippen molar-refractivity contribution in [2.24, 2.45) is 0 Å². The molecule has 0 bridgehead atoms. The van der Waals surface area contributed by atoms with Crippen LogP contribution in [0, 0.1) is 6.92 Å². The molecule has 0 aliphatic heterocycles. The molecule has 0 aliphatic rings. The van der Waals surface area contributed by atoms with Gasteiger partial charge >= 0.3 is 0 Å². The Morgan fingerprint density at radius 2 is 2.00 bits per heavy atom. The SMILES string of the molecule is CCCn1nnc(CO)c1COc1ccc(C)cc1. The van der Waals surface area contributed by atoms with E-state index in [1.165, 1.54) is 5.56 Å². The molecule has 0 atom stereocenters. The molecule has 5 nitrogen and oxygen atoms in total. The molecule has 1 aromatic carbocycles. The third-order valence-corrected chi connectivity index (χ3v) is 2.90. The minimum Gasteiger partial charge on any atom is -0.487 e. The van der Waals surface area contributed by atoms with E-state index in [0.717, 1.165) is 24.4 Å². The lowest BCUT2D eigenvalue weighted by molar-refractivity contribution is 0.261. The van der Waals surface area contributed by atoms with Gasteiger partial charge in [0.25, 0.3) is 0 Å². The van der Waals surface area contributed by atoms with Crippen LogP contribution < -0.4 is 4.74 Å². The van der Waals surface area contributed by atoms with Gasteiger partial charge in [-0.25, -0.2) is 4.68 Å². The maximum Gasteiger partial charge on any atom is 0.132 e. The lowest BCUT2D eigenvalue weighted by Crippen LogP contribution is -2.09. The molecule has 2 rings (SSSR count). The van der Waals surface area contributed by atoms with Crippen molar-refractivity contribution in [1.29, 1.82) is 0 Å². The van der Waals surface area contributed by atoms with E-state index in [4.69, 9.17) is 4.74 Å². The first-order valence-corrected chi connectivity index (χ1v) is 6.46. The normalized spacial score (nSPS) is 10.7. The maximum atomic E-state index is 9.26. The van der Waals surface area contributed by atoms with Crippen LogP contribution in [0.2, 0.25) is 0 Å². The number of aliphatic hydroxyl groups excluding tert-OH is 1. The number of aryl methyl sites for hydroxylation is 2. The second kappa shape index (κ2) is 6.33. The van der Waals surface area contributed by atoms with Crippen LogP contribution in [-0.4, -0.2) is 20.1 Å². The monoisotopic (exact) mass is 261 g/mol. The zero-order chi connectivity index (χ0) is 13.7. The summed E-state index contributed by atoms with van der Waals surface area (Å²) in [4.78, 5) is 0. The summed E-state index contributed by atoms with van der Waals surface area (Å²) < 4.78 is 7.51. The Morgan fingerprint density at radius 1 is 1.26 bits per heavy atom. The molecule has 0 amide bonds. The summed E-state index contributed by atoms with van der Waals surface area (Å²) >= 11 is 0. The highest BCUT2D eigenvalue weighted by Crippen LogP contribution is 2.15. The number of aliphatic hydroxyl groups is 1. The Bertz CT molecular complexity index is 520. The first-order valence-electron chi connectivity index (χ1n) is 6.46. The first-order chi connectivity index (χ1) is 9.24. The number of nitrogens with zero attached hydrogens (tertiary/aromatic N) is 3. The Morgan fingerprint density at radius 3 is 2.63 bits per heavy atom. The molecule has 1 N–H and O–H groups in total. The van der Waals surface area contributed by atoms with Crippen molar-refractivity contribution < 1.29 is 9.84 Å². The van der Waals surface area contributed by atoms with Gasteiger partial charge in [0.05, 0.1) is 6.61 Å². The molecule has 0 fully saturated rings. The smallest absolute Gasteiger partial charge is 0.132 e.